The Hall–Kier alpha value is -2.09. The van der Waals surface area contributed by atoms with Gasteiger partial charge in [-0.1, -0.05) is 12.1 Å². The summed E-state index contributed by atoms with van der Waals surface area (Å²) in [5, 5.41) is 11.8. The maximum atomic E-state index is 14.1. The molecule has 3 rings (SSSR count). The topological polar surface area (TPSA) is 69.6 Å². The smallest absolute Gasteiger partial charge is 0.352 e. The number of hydrogen-bond donors (Lipinski definition) is 2. The van der Waals surface area contributed by atoms with E-state index in [-0.39, 0.29) is 31.5 Å². The second kappa shape index (κ2) is 5.77. The third kappa shape index (κ3) is 2.54. The molecule has 2 amide bonds. The van der Waals surface area contributed by atoms with Crippen molar-refractivity contribution in [3.05, 3.63) is 30.1 Å². The summed E-state index contributed by atoms with van der Waals surface area (Å²) in [4.78, 5) is 25.3. The van der Waals surface area contributed by atoms with Crippen LogP contribution in [0.2, 0.25) is 0 Å². The summed E-state index contributed by atoms with van der Waals surface area (Å²) in [6.07, 6.45) is 0.191. The van der Waals surface area contributed by atoms with Gasteiger partial charge in [0.2, 0.25) is 5.91 Å². The number of halogens is 3. The summed E-state index contributed by atoms with van der Waals surface area (Å²) in [5.74, 6) is -6.88. The molecule has 0 spiro atoms. The van der Waals surface area contributed by atoms with Gasteiger partial charge < -0.3 is 15.3 Å². The number of alkyl halides is 2. The van der Waals surface area contributed by atoms with Gasteiger partial charge in [0, 0.05) is 6.54 Å². The lowest BCUT2D eigenvalue weighted by atomic mass is 9.75. The van der Waals surface area contributed by atoms with Gasteiger partial charge in [-0.2, -0.15) is 8.78 Å². The van der Waals surface area contributed by atoms with Gasteiger partial charge in [-0.3, -0.25) is 9.59 Å². The van der Waals surface area contributed by atoms with E-state index in [9.17, 15) is 27.9 Å². The van der Waals surface area contributed by atoms with Crippen LogP contribution in [0.1, 0.15) is 25.7 Å². The fraction of sp³-hybridized carbons (Fsp3) is 0.500. The lowest BCUT2D eigenvalue weighted by molar-refractivity contribution is -0.216. The molecule has 1 saturated carbocycles. The van der Waals surface area contributed by atoms with Crippen LogP contribution in [0.3, 0.4) is 0 Å². The number of hydrogen-bond acceptors (Lipinski definition) is 3. The van der Waals surface area contributed by atoms with Crippen molar-refractivity contribution in [3.63, 3.8) is 0 Å². The van der Waals surface area contributed by atoms with Crippen LogP contribution in [-0.2, 0) is 9.59 Å². The predicted molar refractivity (Wildman–Crippen MR) is 79.0 cm³/mol. The monoisotopic (exact) mass is 342 g/mol. The van der Waals surface area contributed by atoms with Gasteiger partial charge in [-0.15, -0.1) is 0 Å². The lowest BCUT2D eigenvalue weighted by Gasteiger charge is -2.41. The highest BCUT2D eigenvalue weighted by atomic mass is 19.3. The number of anilines is 1. The molecule has 1 aliphatic heterocycles. The average Bonchev–Trinajstić information content (AvgIpc) is 2.86. The molecule has 1 saturated heterocycles. The quantitative estimate of drug-likeness (QED) is 0.873. The van der Waals surface area contributed by atoms with E-state index < -0.39 is 35.2 Å². The molecule has 1 heterocycles. The van der Waals surface area contributed by atoms with Crippen molar-refractivity contribution >= 4 is 17.5 Å². The van der Waals surface area contributed by atoms with Crippen LogP contribution in [0.15, 0.2) is 24.3 Å². The molecule has 0 radical (unpaired) electrons. The van der Waals surface area contributed by atoms with E-state index in [1.165, 1.54) is 18.2 Å². The van der Waals surface area contributed by atoms with Crippen LogP contribution in [0, 0.1) is 5.82 Å². The molecule has 1 aliphatic carbocycles. The van der Waals surface area contributed by atoms with Crippen molar-refractivity contribution in [1.82, 2.24) is 5.32 Å². The maximum Gasteiger partial charge on any atom is 0.352 e. The van der Waals surface area contributed by atoms with Gasteiger partial charge in [-0.05, 0) is 37.8 Å². The number of nitrogens with zero attached hydrogens (tertiary/aromatic N) is 1. The highest BCUT2D eigenvalue weighted by Gasteiger charge is 2.61. The Morgan fingerprint density at radius 1 is 1.33 bits per heavy atom. The first-order valence-corrected chi connectivity index (χ1v) is 7.73. The Morgan fingerprint density at radius 2 is 2.00 bits per heavy atom. The molecular weight excluding hydrogens is 325 g/mol. The number of nitrogens with one attached hydrogen (secondary N) is 1. The zero-order chi connectivity index (χ0) is 17.5. The predicted octanol–water partition coefficient (Wildman–Crippen LogP) is 1.60. The molecule has 1 atom stereocenters. The minimum Gasteiger partial charge on any atom is -0.383 e. The zero-order valence-corrected chi connectivity index (χ0v) is 12.8. The maximum absolute atomic E-state index is 14.1. The Balaban J connectivity index is 1.70. The third-order valence-corrected chi connectivity index (χ3v) is 4.70. The minimum absolute atomic E-state index is 0.0450. The molecule has 2 aliphatic rings. The van der Waals surface area contributed by atoms with E-state index in [0.29, 0.717) is 6.42 Å². The number of rotatable bonds is 4. The Bertz CT molecular complexity index is 676. The number of carbonyl (C=O) groups excluding carboxylic acids is 2. The lowest BCUT2D eigenvalue weighted by Crippen LogP contribution is -2.62. The van der Waals surface area contributed by atoms with Crippen LogP contribution < -0.4 is 10.2 Å². The summed E-state index contributed by atoms with van der Waals surface area (Å²) in [6, 6.07) is 4.46. The second-order valence-corrected chi connectivity index (χ2v) is 6.22. The first kappa shape index (κ1) is 16.8. The first-order valence-electron chi connectivity index (χ1n) is 7.73. The highest BCUT2D eigenvalue weighted by molar-refractivity contribution is 6.02. The van der Waals surface area contributed by atoms with Crippen molar-refractivity contribution in [2.24, 2.45) is 0 Å². The van der Waals surface area contributed by atoms with Crippen LogP contribution in [0.25, 0.3) is 0 Å². The Labute approximate surface area is 136 Å². The van der Waals surface area contributed by atoms with Gasteiger partial charge in [0.05, 0.1) is 5.69 Å². The first-order chi connectivity index (χ1) is 11.3. The van der Waals surface area contributed by atoms with Crippen molar-refractivity contribution in [1.29, 1.82) is 0 Å². The molecular formula is C16H17F3N2O3. The number of benzene rings is 1. The minimum atomic E-state index is -3.96. The van der Waals surface area contributed by atoms with E-state index in [4.69, 9.17) is 0 Å². The molecule has 2 N–H and O–H groups in total. The molecule has 1 aromatic carbocycles. The Kier molecular flexibility index (Phi) is 4.03. The normalized spacial score (nSPS) is 23.1. The standard InChI is InChI=1S/C16H17F3N2O3/c17-10-4-1-2-5-12(10)21-9-6-11(13(21)22)20-14(23)16(18,19)15(24)7-3-8-15/h1-2,4-5,11,24H,3,6-9H2,(H,20,23). The summed E-state index contributed by atoms with van der Waals surface area (Å²) in [6.45, 7) is 0.112. The fourth-order valence-corrected chi connectivity index (χ4v) is 3.01. The van der Waals surface area contributed by atoms with Crippen molar-refractivity contribution < 1.29 is 27.9 Å². The summed E-state index contributed by atoms with van der Waals surface area (Å²) >= 11 is 0. The molecule has 0 bridgehead atoms. The number of amides is 2. The van der Waals surface area contributed by atoms with Gasteiger partial charge in [0.1, 0.15) is 17.5 Å². The fourth-order valence-electron chi connectivity index (χ4n) is 3.01. The summed E-state index contributed by atoms with van der Waals surface area (Å²) in [5.41, 5.74) is -2.30. The van der Waals surface area contributed by atoms with E-state index >= 15 is 0 Å². The molecule has 1 unspecified atom stereocenters. The molecule has 1 aromatic rings. The molecule has 8 heteroatoms. The van der Waals surface area contributed by atoms with E-state index in [1.54, 1.807) is 6.07 Å². The summed E-state index contributed by atoms with van der Waals surface area (Å²) in [7, 11) is 0. The Morgan fingerprint density at radius 3 is 2.58 bits per heavy atom. The van der Waals surface area contributed by atoms with Crippen LogP contribution >= 0.6 is 0 Å². The third-order valence-electron chi connectivity index (χ3n) is 4.70. The van der Waals surface area contributed by atoms with Crippen LogP contribution in [0.5, 0.6) is 0 Å². The van der Waals surface area contributed by atoms with Crippen molar-refractivity contribution in [2.45, 2.75) is 43.2 Å². The van der Waals surface area contributed by atoms with E-state index in [2.05, 4.69) is 0 Å². The molecule has 130 valence electrons. The highest BCUT2D eigenvalue weighted by Crippen LogP contribution is 2.44. The van der Waals surface area contributed by atoms with Gasteiger partial charge in [-0.25, -0.2) is 4.39 Å². The molecule has 24 heavy (non-hydrogen) atoms. The molecule has 0 aromatic heterocycles. The van der Waals surface area contributed by atoms with Gasteiger partial charge >= 0.3 is 5.92 Å². The SMILES string of the molecule is O=C1C(NC(=O)C(F)(F)C2(O)CCC2)CCN1c1ccccc1F. The van der Waals surface area contributed by atoms with E-state index in [0.717, 1.165) is 4.90 Å². The summed E-state index contributed by atoms with van der Waals surface area (Å²) < 4.78 is 41.9. The zero-order valence-electron chi connectivity index (χ0n) is 12.8. The average molecular weight is 342 g/mol. The van der Waals surface area contributed by atoms with Gasteiger partial charge in [0.15, 0.2) is 0 Å². The van der Waals surface area contributed by atoms with Crippen LogP contribution in [-0.4, -0.2) is 41.0 Å². The van der Waals surface area contributed by atoms with Crippen molar-refractivity contribution in [3.8, 4) is 0 Å². The van der Waals surface area contributed by atoms with Crippen molar-refractivity contribution in [2.75, 3.05) is 11.4 Å². The molecule has 2 fully saturated rings. The largest absolute Gasteiger partial charge is 0.383 e. The van der Waals surface area contributed by atoms with E-state index in [1.807, 2.05) is 5.32 Å². The van der Waals surface area contributed by atoms with Crippen LogP contribution in [0.4, 0.5) is 18.9 Å². The second-order valence-electron chi connectivity index (χ2n) is 6.22. The van der Waals surface area contributed by atoms with Gasteiger partial charge in [0.25, 0.3) is 5.91 Å². The number of para-hydroxylation sites is 1. The number of aliphatic hydroxyl groups is 1. The number of carbonyl (C=O) groups is 2. The molecule has 5 nitrogen and oxygen atoms in total.